The normalized spacial score (nSPS) is 12.3. The monoisotopic (exact) mass is 130 g/mol. The third-order valence-electron chi connectivity index (χ3n) is 1.01. The lowest BCUT2D eigenvalue weighted by Crippen LogP contribution is -2.06. The van der Waals surface area contributed by atoms with Gasteiger partial charge in [0, 0.05) is 5.92 Å². The van der Waals surface area contributed by atoms with Gasteiger partial charge in [-0.1, -0.05) is 13.8 Å². The molecule has 9 heavy (non-hydrogen) atoms. The van der Waals surface area contributed by atoms with E-state index in [4.69, 9.17) is 0 Å². The summed E-state index contributed by atoms with van der Waals surface area (Å²) in [5.41, 5.74) is 0. The van der Waals surface area contributed by atoms with E-state index in [1.165, 1.54) is 13.0 Å². The Labute approximate surface area is 54.6 Å². The zero-order chi connectivity index (χ0) is 7.44. The van der Waals surface area contributed by atoms with E-state index in [-0.39, 0.29) is 5.92 Å². The molecule has 0 rings (SSSR count). The van der Waals surface area contributed by atoms with Crippen LogP contribution >= 0.6 is 0 Å². The molecule has 0 aromatic carbocycles. The number of ketones is 1. The number of halogens is 1. The molecule has 1 nitrogen and oxygen atoms in total. The molecule has 0 saturated heterocycles. The van der Waals surface area contributed by atoms with E-state index in [0.29, 0.717) is 0 Å². The number of hydrogen-bond donors (Lipinski definition) is 0. The quantitative estimate of drug-likeness (QED) is 0.523. The van der Waals surface area contributed by atoms with Gasteiger partial charge in [0.25, 0.3) is 0 Å². The molecule has 0 spiro atoms. The van der Waals surface area contributed by atoms with E-state index in [0.717, 1.165) is 0 Å². The lowest BCUT2D eigenvalue weighted by atomic mass is 10.1. The molecule has 0 amide bonds. The first-order valence-electron chi connectivity index (χ1n) is 2.95. The van der Waals surface area contributed by atoms with Crippen molar-refractivity contribution < 1.29 is 9.18 Å². The number of rotatable bonds is 2. The lowest BCUT2D eigenvalue weighted by Gasteiger charge is -1.97. The van der Waals surface area contributed by atoms with E-state index in [1.54, 1.807) is 13.8 Å². The van der Waals surface area contributed by atoms with Crippen LogP contribution in [-0.4, -0.2) is 5.78 Å². The smallest absolute Gasteiger partial charge is 0.193 e. The summed E-state index contributed by atoms with van der Waals surface area (Å²) in [5, 5.41) is 0. The molecular formula is C7H11FO. The average Bonchev–Trinajstić information content (AvgIpc) is 1.84. The maximum Gasteiger partial charge on any atom is 0.193 e. The highest BCUT2D eigenvalue weighted by molar-refractivity contribution is 5.94. The maximum atomic E-state index is 12.3. The van der Waals surface area contributed by atoms with Crippen molar-refractivity contribution >= 4 is 5.78 Å². The Kier molecular flexibility index (Phi) is 3.13. The van der Waals surface area contributed by atoms with Crippen LogP contribution in [0.1, 0.15) is 20.8 Å². The maximum absolute atomic E-state index is 12.3. The fourth-order valence-electron chi connectivity index (χ4n) is 0.418. The molecule has 0 atom stereocenters. The van der Waals surface area contributed by atoms with Gasteiger partial charge in [-0.15, -0.1) is 0 Å². The lowest BCUT2D eigenvalue weighted by molar-refractivity contribution is -0.119. The summed E-state index contributed by atoms with van der Waals surface area (Å²) in [7, 11) is 0. The Morgan fingerprint density at radius 1 is 1.56 bits per heavy atom. The van der Waals surface area contributed by atoms with Crippen molar-refractivity contribution in [1.29, 1.82) is 0 Å². The first kappa shape index (κ1) is 8.34. The molecule has 0 unspecified atom stereocenters. The molecule has 0 aromatic rings. The fraction of sp³-hybridized carbons (Fsp3) is 0.571. The Balaban J connectivity index is 4.06. The van der Waals surface area contributed by atoms with Gasteiger partial charge in [0.2, 0.25) is 0 Å². The molecule has 0 saturated carbocycles. The fourth-order valence-corrected chi connectivity index (χ4v) is 0.418. The van der Waals surface area contributed by atoms with Crippen LogP contribution in [-0.2, 0) is 4.79 Å². The summed E-state index contributed by atoms with van der Waals surface area (Å²) >= 11 is 0. The van der Waals surface area contributed by atoms with Gasteiger partial charge in [0.05, 0.1) is 0 Å². The van der Waals surface area contributed by atoms with Crippen molar-refractivity contribution in [3.8, 4) is 0 Å². The second-order valence-corrected chi connectivity index (χ2v) is 2.16. The largest absolute Gasteiger partial charge is 0.291 e. The van der Waals surface area contributed by atoms with Crippen molar-refractivity contribution in [3.63, 3.8) is 0 Å². The number of allylic oxidation sites excluding steroid dienone is 2. The Morgan fingerprint density at radius 2 is 2.00 bits per heavy atom. The van der Waals surface area contributed by atoms with Gasteiger partial charge >= 0.3 is 0 Å². The second kappa shape index (κ2) is 3.38. The molecule has 0 aromatic heterocycles. The number of Topliss-reactive ketones (excluding diaryl/α,β-unsaturated/α-hetero) is 1. The van der Waals surface area contributed by atoms with Gasteiger partial charge in [-0.3, -0.25) is 4.79 Å². The molecule has 0 heterocycles. The van der Waals surface area contributed by atoms with Crippen molar-refractivity contribution in [2.24, 2.45) is 5.92 Å². The molecule has 2 heteroatoms. The standard InChI is InChI=1S/C7H11FO/c1-4-6(8)7(9)5(2)3/h4-5H,1-3H3/b6-4+. The summed E-state index contributed by atoms with van der Waals surface area (Å²) in [6.45, 7) is 4.85. The third-order valence-corrected chi connectivity index (χ3v) is 1.01. The minimum absolute atomic E-state index is 0.235. The molecule has 0 bridgehead atoms. The van der Waals surface area contributed by atoms with Gasteiger partial charge in [-0.25, -0.2) is 4.39 Å². The van der Waals surface area contributed by atoms with Crippen LogP contribution in [0.3, 0.4) is 0 Å². The summed E-state index contributed by atoms with van der Waals surface area (Å²) in [4.78, 5) is 10.6. The van der Waals surface area contributed by atoms with Crippen LogP contribution in [0.2, 0.25) is 0 Å². The highest BCUT2D eigenvalue weighted by Gasteiger charge is 2.10. The Bertz CT molecular complexity index is 136. The number of carbonyl (C=O) groups excluding carboxylic acids is 1. The van der Waals surface area contributed by atoms with E-state index in [9.17, 15) is 9.18 Å². The van der Waals surface area contributed by atoms with Gasteiger partial charge in [0.1, 0.15) is 0 Å². The van der Waals surface area contributed by atoms with Crippen LogP contribution in [0, 0.1) is 5.92 Å². The van der Waals surface area contributed by atoms with E-state index >= 15 is 0 Å². The average molecular weight is 130 g/mol. The van der Waals surface area contributed by atoms with Crippen LogP contribution in [0.25, 0.3) is 0 Å². The molecule has 0 aliphatic rings. The molecule has 0 fully saturated rings. The van der Waals surface area contributed by atoms with Crippen molar-refractivity contribution in [1.82, 2.24) is 0 Å². The Morgan fingerprint density at radius 3 is 2.11 bits per heavy atom. The minimum atomic E-state index is -0.634. The number of hydrogen-bond acceptors (Lipinski definition) is 1. The molecule has 0 aliphatic carbocycles. The van der Waals surface area contributed by atoms with E-state index < -0.39 is 11.6 Å². The zero-order valence-electron chi connectivity index (χ0n) is 5.94. The molecule has 0 aliphatic heterocycles. The van der Waals surface area contributed by atoms with Crippen LogP contribution in [0.4, 0.5) is 4.39 Å². The molecule has 0 N–H and O–H groups in total. The number of carbonyl (C=O) groups is 1. The second-order valence-electron chi connectivity index (χ2n) is 2.16. The summed E-state index contributed by atoms with van der Waals surface area (Å²) in [5.74, 6) is -1.29. The van der Waals surface area contributed by atoms with Gasteiger partial charge in [0.15, 0.2) is 11.6 Å². The molecule has 0 radical (unpaired) electrons. The van der Waals surface area contributed by atoms with Gasteiger partial charge < -0.3 is 0 Å². The predicted octanol–water partition coefficient (Wildman–Crippen LogP) is 2.08. The van der Waals surface area contributed by atoms with Crippen molar-refractivity contribution in [3.05, 3.63) is 11.9 Å². The zero-order valence-corrected chi connectivity index (χ0v) is 5.94. The predicted molar refractivity (Wildman–Crippen MR) is 34.7 cm³/mol. The minimum Gasteiger partial charge on any atom is -0.291 e. The first-order chi connectivity index (χ1) is 4.09. The van der Waals surface area contributed by atoms with Gasteiger partial charge in [-0.05, 0) is 13.0 Å². The van der Waals surface area contributed by atoms with Crippen molar-refractivity contribution in [2.45, 2.75) is 20.8 Å². The SMILES string of the molecule is C/C=C(/F)C(=O)C(C)C. The van der Waals surface area contributed by atoms with Crippen LogP contribution in [0.5, 0.6) is 0 Å². The highest BCUT2D eigenvalue weighted by Crippen LogP contribution is 2.05. The van der Waals surface area contributed by atoms with Gasteiger partial charge in [-0.2, -0.15) is 0 Å². The summed E-state index contributed by atoms with van der Waals surface area (Å²) < 4.78 is 12.3. The Hall–Kier alpha value is -0.660. The van der Waals surface area contributed by atoms with Crippen LogP contribution < -0.4 is 0 Å². The molecule has 52 valence electrons. The third kappa shape index (κ3) is 2.40. The van der Waals surface area contributed by atoms with Crippen LogP contribution in [0.15, 0.2) is 11.9 Å². The summed E-state index contributed by atoms with van der Waals surface area (Å²) in [6, 6.07) is 0. The topological polar surface area (TPSA) is 17.1 Å². The highest BCUT2D eigenvalue weighted by atomic mass is 19.1. The molecular weight excluding hydrogens is 119 g/mol. The summed E-state index contributed by atoms with van der Waals surface area (Å²) in [6.07, 6.45) is 1.18. The van der Waals surface area contributed by atoms with Crippen molar-refractivity contribution in [2.75, 3.05) is 0 Å². The van der Waals surface area contributed by atoms with E-state index in [1.807, 2.05) is 0 Å². The van der Waals surface area contributed by atoms with E-state index in [2.05, 4.69) is 0 Å². The first-order valence-corrected chi connectivity index (χ1v) is 2.95.